The highest BCUT2D eigenvalue weighted by Gasteiger charge is 2.70. The van der Waals surface area contributed by atoms with Crippen LogP contribution in [0.5, 0.6) is 0 Å². The quantitative estimate of drug-likeness (QED) is 0.273. The largest absolute Gasteiger partial charge is 0.478 e. The lowest BCUT2D eigenvalue weighted by molar-refractivity contribution is -0.221. The summed E-state index contributed by atoms with van der Waals surface area (Å²) in [4.78, 5) is 14.2. The van der Waals surface area contributed by atoms with Crippen molar-refractivity contribution in [3.63, 3.8) is 0 Å². The molecule has 5 nitrogen and oxygen atoms in total. The predicted octanol–water partition coefficient (Wildman–Crippen LogP) is 9.18. The van der Waals surface area contributed by atoms with E-state index in [4.69, 9.17) is 4.74 Å². The number of carbonyl (C=O) groups is 1. The van der Waals surface area contributed by atoms with Crippen LogP contribution in [-0.2, 0) is 4.74 Å². The van der Waals surface area contributed by atoms with Crippen LogP contribution in [0.15, 0.2) is 30.3 Å². The Hall–Kier alpha value is -1.69. The van der Waals surface area contributed by atoms with Gasteiger partial charge in [-0.3, -0.25) is 4.90 Å². The van der Waals surface area contributed by atoms with Crippen LogP contribution < -0.4 is 5.32 Å². The van der Waals surface area contributed by atoms with E-state index in [1.54, 1.807) is 12.1 Å². The number of fused-ring (bicyclic) bond motifs is 7. The number of aromatic carboxylic acids is 1. The topological polar surface area (TPSA) is 61.8 Å². The predicted molar refractivity (Wildman–Crippen MR) is 196 cm³/mol. The van der Waals surface area contributed by atoms with Gasteiger partial charge in [-0.15, -0.1) is 0 Å². The van der Waals surface area contributed by atoms with Gasteiger partial charge < -0.3 is 15.2 Å². The number of benzene rings is 1. The molecule has 9 atom stereocenters. The molecule has 0 radical (unpaired) electrons. The minimum Gasteiger partial charge on any atom is -0.478 e. The molecule has 0 aromatic heterocycles. The zero-order valence-electron chi connectivity index (χ0n) is 31.4. The molecule has 5 aliphatic carbocycles. The van der Waals surface area contributed by atoms with Crippen LogP contribution in [0.1, 0.15) is 129 Å². The highest BCUT2D eigenvalue weighted by Crippen LogP contribution is 2.76. The number of carboxylic acids is 1. The van der Waals surface area contributed by atoms with Gasteiger partial charge >= 0.3 is 5.97 Å². The van der Waals surface area contributed by atoms with Gasteiger partial charge in [0, 0.05) is 18.6 Å². The molecule has 0 amide bonds. The van der Waals surface area contributed by atoms with E-state index in [1.165, 1.54) is 75.5 Å². The van der Waals surface area contributed by atoms with Gasteiger partial charge in [-0.2, -0.15) is 0 Å². The molecule has 1 heterocycles. The van der Waals surface area contributed by atoms with E-state index in [9.17, 15) is 9.90 Å². The lowest BCUT2D eigenvalue weighted by Gasteiger charge is -2.72. The number of hydrogen-bond donors (Lipinski definition) is 2. The Morgan fingerprint density at radius 2 is 1.65 bits per heavy atom. The third kappa shape index (κ3) is 5.29. The van der Waals surface area contributed by atoms with E-state index < -0.39 is 5.97 Å². The average Bonchev–Trinajstić information content (AvgIpc) is 3.44. The molecule has 0 spiro atoms. The summed E-state index contributed by atoms with van der Waals surface area (Å²) in [5, 5.41) is 13.8. The van der Waals surface area contributed by atoms with Crippen molar-refractivity contribution in [3.05, 3.63) is 41.5 Å². The van der Waals surface area contributed by atoms with E-state index in [-0.39, 0.29) is 10.8 Å². The summed E-state index contributed by atoms with van der Waals surface area (Å²) < 4.78 is 5.60. The molecule has 266 valence electrons. The molecular formula is C43H66N2O3. The number of morpholine rings is 1. The molecular weight excluding hydrogens is 592 g/mol. The maximum atomic E-state index is 11.6. The minimum absolute atomic E-state index is 0.0534. The smallest absolute Gasteiger partial charge is 0.335 e. The van der Waals surface area contributed by atoms with Gasteiger partial charge in [-0.1, -0.05) is 66.7 Å². The first-order valence-corrected chi connectivity index (χ1v) is 19.9. The highest BCUT2D eigenvalue weighted by molar-refractivity contribution is 5.88. The number of carboxylic acid groups (broad SMARTS) is 1. The van der Waals surface area contributed by atoms with Crippen molar-refractivity contribution in [1.29, 1.82) is 0 Å². The number of hydrogen-bond acceptors (Lipinski definition) is 4. The summed E-state index contributed by atoms with van der Waals surface area (Å²) in [6, 6.07) is 7.68. The Balaban J connectivity index is 1.14. The fraction of sp³-hybridized carbons (Fsp3) is 0.791. The van der Waals surface area contributed by atoms with E-state index in [1.807, 2.05) is 0 Å². The second kappa shape index (κ2) is 12.5. The van der Waals surface area contributed by atoms with Gasteiger partial charge in [-0.25, -0.2) is 4.79 Å². The van der Waals surface area contributed by atoms with Crippen LogP contribution in [0.25, 0.3) is 5.57 Å². The normalized spacial score (nSPS) is 42.3. The number of allylic oxidation sites excluding steroid dienone is 2. The Morgan fingerprint density at radius 1 is 0.917 bits per heavy atom. The van der Waals surface area contributed by atoms with E-state index >= 15 is 0 Å². The van der Waals surface area contributed by atoms with Crippen LogP contribution in [0.2, 0.25) is 0 Å². The SMILES string of the molecule is CC(C)[C@@H]1CC[C@]2(NCCCN3CCOCC3)CC[C@]3(C)[C@H](CC[C@@H]4[C@@]5(C)CC=C(c6ccc(C(=O)O)cc6)C(C)(C)[C@@H]5CC[C@]43C)[C@@H]12. The van der Waals surface area contributed by atoms with Crippen LogP contribution in [0.3, 0.4) is 0 Å². The van der Waals surface area contributed by atoms with Gasteiger partial charge in [0.05, 0.1) is 18.8 Å². The standard InChI is InChI=1S/C43H66N2O3/c1-29(2)32-15-20-43(44-23-8-24-45-25-27-48-28-26-45)22-21-41(6)34(37(32)43)13-14-36-40(5)18-16-33(30-9-11-31(12-10-30)38(46)47)39(3,4)35(40)17-19-42(36,41)7/h9-12,16,29,32,34-37,44H,8,13-15,17-28H2,1-7H3,(H,46,47)/t32-,34+,35-,36+,37+,40-,41+,42+,43-/m0/s1. The third-order valence-electron chi connectivity index (χ3n) is 16.6. The van der Waals surface area contributed by atoms with E-state index in [0.29, 0.717) is 27.9 Å². The minimum atomic E-state index is -0.849. The van der Waals surface area contributed by atoms with Gasteiger partial charge in [0.25, 0.3) is 0 Å². The molecule has 1 saturated heterocycles. The molecule has 4 saturated carbocycles. The lowest BCUT2D eigenvalue weighted by Crippen LogP contribution is -2.68. The van der Waals surface area contributed by atoms with Crippen LogP contribution >= 0.6 is 0 Å². The van der Waals surface area contributed by atoms with Crippen molar-refractivity contribution in [2.45, 2.75) is 118 Å². The Bertz CT molecular complexity index is 1380. The molecule has 1 aromatic rings. The van der Waals surface area contributed by atoms with E-state index in [2.05, 4.69) is 76.9 Å². The summed E-state index contributed by atoms with van der Waals surface area (Å²) >= 11 is 0. The molecule has 5 fully saturated rings. The highest BCUT2D eigenvalue weighted by atomic mass is 16.5. The van der Waals surface area contributed by atoms with Crippen LogP contribution in [-0.4, -0.2) is 60.9 Å². The fourth-order valence-corrected chi connectivity index (χ4v) is 14.1. The summed E-state index contributed by atoms with van der Waals surface area (Å²) in [5.41, 5.74) is 4.42. The maximum Gasteiger partial charge on any atom is 0.335 e. The molecule has 48 heavy (non-hydrogen) atoms. The summed E-state index contributed by atoms with van der Waals surface area (Å²) in [6.07, 6.45) is 15.9. The Kier molecular flexibility index (Phi) is 9.06. The molecule has 7 rings (SSSR count). The fourth-order valence-electron chi connectivity index (χ4n) is 14.1. The summed E-state index contributed by atoms with van der Waals surface area (Å²) in [7, 11) is 0. The van der Waals surface area contributed by atoms with Gasteiger partial charge in [0.2, 0.25) is 0 Å². The van der Waals surface area contributed by atoms with Crippen molar-refractivity contribution in [2.24, 2.45) is 57.2 Å². The Labute approximate surface area is 292 Å². The molecule has 1 aromatic carbocycles. The van der Waals surface area contributed by atoms with Crippen LogP contribution in [0, 0.1) is 57.2 Å². The first-order valence-electron chi connectivity index (χ1n) is 19.9. The van der Waals surface area contributed by atoms with Crippen LogP contribution in [0.4, 0.5) is 0 Å². The first-order chi connectivity index (χ1) is 22.8. The van der Waals surface area contributed by atoms with E-state index in [0.717, 1.165) is 68.9 Å². The number of rotatable bonds is 8. The number of nitrogens with zero attached hydrogens (tertiary/aromatic N) is 1. The number of nitrogens with one attached hydrogen (secondary N) is 1. The first kappa shape index (κ1) is 34.7. The molecule has 6 aliphatic rings. The zero-order valence-corrected chi connectivity index (χ0v) is 31.4. The monoisotopic (exact) mass is 659 g/mol. The van der Waals surface area contributed by atoms with Crippen molar-refractivity contribution in [1.82, 2.24) is 10.2 Å². The Morgan fingerprint density at radius 3 is 2.33 bits per heavy atom. The second-order valence-corrected chi connectivity index (χ2v) is 19.0. The van der Waals surface area contributed by atoms with Crippen molar-refractivity contribution < 1.29 is 14.6 Å². The third-order valence-corrected chi connectivity index (χ3v) is 16.6. The molecule has 2 N–H and O–H groups in total. The average molecular weight is 659 g/mol. The molecule has 0 bridgehead atoms. The van der Waals surface area contributed by atoms with Gasteiger partial charge in [0.15, 0.2) is 0 Å². The molecule has 1 aliphatic heterocycles. The zero-order chi connectivity index (χ0) is 34.1. The van der Waals surface area contributed by atoms with Crippen molar-refractivity contribution >= 4 is 11.5 Å². The van der Waals surface area contributed by atoms with Gasteiger partial charge in [-0.05, 0) is 158 Å². The lowest BCUT2D eigenvalue weighted by atomic mass is 9.33. The summed E-state index contributed by atoms with van der Waals surface area (Å²) in [5.74, 6) is 3.71. The molecule has 5 heteroatoms. The van der Waals surface area contributed by atoms with Crippen molar-refractivity contribution in [2.75, 3.05) is 39.4 Å². The number of ether oxygens (including phenoxy) is 1. The molecule has 0 unspecified atom stereocenters. The summed E-state index contributed by atoms with van der Waals surface area (Å²) in [6.45, 7) is 24.6. The maximum absolute atomic E-state index is 11.6. The van der Waals surface area contributed by atoms with Gasteiger partial charge in [0.1, 0.15) is 0 Å². The van der Waals surface area contributed by atoms with Crippen molar-refractivity contribution in [3.8, 4) is 0 Å². The second-order valence-electron chi connectivity index (χ2n) is 19.0.